The second-order valence-corrected chi connectivity index (χ2v) is 5.46. The van der Waals surface area contributed by atoms with E-state index in [1.54, 1.807) is 5.06 Å². The van der Waals surface area contributed by atoms with Crippen LogP contribution in [0.3, 0.4) is 0 Å². The molecule has 1 heterocycles. The fourth-order valence-electron chi connectivity index (χ4n) is 1.85. The number of hydroxylamine groups is 2. The first kappa shape index (κ1) is 13.0. The third-order valence-corrected chi connectivity index (χ3v) is 4.77. The van der Waals surface area contributed by atoms with Gasteiger partial charge in [-0.3, -0.25) is 9.63 Å². The van der Waals surface area contributed by atoms with Crippen LogP contribution >= 0.6 is 11.8 Å². The lowest BCUT2D eigenvalue weighted by atomic mass is 9.81. The molecule has 3 nitrogen and oxygen atoms in total. The van der Waals surface area contributed by atoms with Crippen molar-refractivity contribution in [1.82, 2.24) is 5.06 Å². The molecule has 0 bridgehead atoms. The molecule has 1 aliphatic heterocycles. The molecule has 0 N–H and O–H groups in total. The fraction of sp³-hybridized carbons (Fsp3) is 0.909. The normalized spacial score (nSPS) is 37.1. The first-order valence-electron chi connectivity index (χ1n) is 5.51. The van der Waals surface area contributed by atoms with Gasteiger partial charge in [0.2, 0.25) is 0 Å². The van der Waals surface area contributed by atoms with E-state index in [-0.39, 0.29) is 22.7 Å². The lowest BCUT2D eigenvalue weighted by Crippen LogP contribution is -2.42. The van der Waals surface area contributed by atoms with Gasteiger partial charge in [-0.25, -0.2) is 0 Å². The number of hydrogen-bond donors (Lipinski definition) is 0. The number of thioether (sulfide) groups is 1. The summed E-state index contributed by atoms with van der Waals surface area (Å²) in [6.45, 7) is 8.13. The highest BCUT2D eigenvalue weighted by molar-refractivity contribution is 8.13. The molecule has 3 atom stereocenters. The highest BCUT2D eigenvalue weighted by atomic mass is 32.2. The Hall–Kier alpha value is -0.0600. The van der Waals surface area contributed by atoms with Crippen LogP contribution < -0.4 is 0 Å². The third-order valence-electron chi connectivity index (χ3n) is 3.46. The summed E-state index contributed by atoms with van der Waals surface area (Å²) >= 11 is 1.44. The maximum atomic E-state index is 12.1. The summed E-state index contributed by atoms with van der Waals surface area (Å²) in [5, 5.41) is 2.06. The van der Waals surface area contributed by atoms with E-state index in [1.165, 1.54) is 11.8 Å². The number of rotatable bonds is 3. The third kappa shape index (κ3) is 2.22. The van der Waals surface area contributed by atoms with Gasteiger partial charge in [-0.2, -0.15) is 5.06 Å². The molecule has 4 heteroatoms. The number of nitrogens with zero attached hydrogens (tertiary/aromatic N) is 1. The van der Waals surface area contributed by atoms with Crippen molar-refractivity contribution in [3.63, 3.8) is 0 Å². The minimum atomic E-state index is -0.380. The summed E-state index contributed by atoms with van der Waals surface area (Å²) in [7, 11) is 1.89. The molecule has 0 aromatic heterocycles. The zero-order valence-electron chi connectivity index (χ0n) is 10.2. The molecular formula is C11H21NO2S. The van der Waals surface area contributed by atoms with Gasteiger partial charge in [0.05, 0.1) is 11.5 Å². The number of carbonyl (C=O) groups is 1. The van der Waals surface area contributed by atoms with Crippen LogP contribution in [0.5, 0.6) is 0 Å². The van der Waals surface area contributed by atoms with E-state index in [2.05, 4.69) is 6.92 Å². The van der Waals surface area contributed by atoms with Crippen molar-refractivity contribution >= 4 is 16.9 Å². The minimum Gasteiger partial charge on any atom is -0.295 e. The predicted molar refractivity (Wildman–Crippen MR) is 63.6 cm³/mol. The lowest BCUT2D eigenvalue weighted by molar-refractivity contribution is -0.138. The second-order valence-electron chi connectivity index (χ2n) is 4.39. The first-order valence-corrected chi connectivity index (χ1v) is 6.50. The summed E-state index contributed by atoms with van der Waals surface area (Å²) in [6.07, 6.45) is 1.00. The van der Waals surface area contributed by atoms with Crippen LogP contribution in [-0.4, -0.2) is 35.1 Å². The molecule has 0 aliphatic carbocycles. The number of hydrogen-bond acceptors (Lipinski definition) is 4. The monoisotopic (exact) mass is 231 g/mol. The standard InChI is InChI=1S/C11H21NO2S/c1-6-7-15-10(13)11(4)8(2)12(5)14-9(11)3/h8-9H,6-7H2,1-5H3/t8-,9+,11-/m1/s1. The molecule has 0 aromatic carbocycles. The number of carbonyl (C=O) groups excluding carboxylic acids is 1. The van der Waals surface area contributed by atoms with Crippen molar-refractivity contribution in [2.45, 2.75) is 46.3 Å². The van der Waals surface area contributed by atoms with Crippen molar-refractivity contribution in [1.29, 1.82) is 0 Å². The van der Waals surface area contributed by atoms with Crippen LogP contribution in [0.1, 0.15) is 34.1 Å². The van der Waals surface area contributed by atoms with Crippen LogP contribution in [0.4, 0.5) is 0 Å². The Labute approximate surface area is 96.5 Å². The van der Waals surface area contributed by atoms with Crippen molar-refractivity contribution in [2.24, 2.45) is 5.41 Å². The Bertz CT molecular complexity index is 247. The van der Waals surface area contributed by atoms with Crippen molar-refractivity contribution in [3.8, 4) is 0 Å². The van der Waals surface area contributed by atoms with Crippen molar-refractivity contribution < 1.29 is 9.63 Å². The van der Waals surface area contributed by atoms with E-state index in [0.29, 0.717) is 0 Å². The largest absolute Gasteiger partial charge is 0.295 e. The minimum absolute atomic E-state index is 0.0330. The van der Waals surface area contributed by atoms with E-state index < -0.39 is 0 Å². The molecule has 0 radical (unpaired) electrons. The lowest BCUT2D eigenvalue weighted by Gasteiger charge is -2.28. The van der Waals surface area contributed by atoms with E-state index in [0.717, 1.165) is 12.2 Å². The molecular weight excluding hydrogens is 210 g/mol. The molecule has 1 fully saturated rings. The Morgan fingerprint density at radius 3 is 2.53 bits per heavy atom. The van der Waals surface area contributed by atoms with Gasteiger partial charge >= 0.3 is 0 Å². The fourth-order valence-corrected chi connectivity index (χ4v) is 2.89. The van der Waals surface area contributed by atoms with Crippen LogP contribution in [0.15, 0.2) is 0 Å². The van der Waals surface area contributed by atoms with Gasteiger partial charge in [0.25, 0.3) is 0 Å². The molecule has 0 unspecified atom stereocenters. The molecule has 1 rings (SSSR count). The maximum absolute atomic E-state index is 12.1. The van der Waals surface area contributed by atoms with Gasteiger partial charge in [0.15, 0.2) is 5.12 Å². The van der Waals surface area contributed by atoms with Crippen molar-refractivity contribution in [3.05, 3.63) is 0 Å². The molecule has 0 spiro atoms. The van der Waals surface area contributed by atoms with Crippen LogP contribution in [-0.2, 0) is 9.63 Å². The highest BCUT2D eigenvalue weighted by Gasteiger charge is 2.52. The van der Waals surface area contributed by atoms with Gasteiger partial charge in [0, 0.05) is 18.8 Å². The van der Waals surface area contributed by atoms with E-state index in [1.807, 2.05) is 27.8 Å². The van der Waals surface area contributed by atoms with Crippen LogP contribution in [0.2, 0.25) is 0 Å². The SMILES string of the molecule is CCCSC(=O)[C@@]1(C)[C@H](C)ON(C)[C@@H]1C. The molecule has 0 saturated carbocycles. The summed E-state index contributed by atoms with van der Waals surface area (Å²) in [5.41, 5.74) is -0.380. The summed E-state index contributed by atoms with van der Waals surface area (Å²) < 4.78 is 0. The zero-order chi connectivity index (χ0) is 11.6. The summed E-state index contributed by atoms with van der Waals surface area (Å²) in [4.78, 5) is 17.7. The quantitative estimate of drug-likeness (QED) is 0.745. The van der Waals surface area contributed by atoms with E-state index in [4.69, 9.17) is 4.84 Å². The average molecular weight is 231 g/mol. The predicted octanol–water partition coefficient (Wildman–Crippen LogP) is 2.32. The van der Waals surface area contributed by atoms with E-state index in [9.17, 15) is 4.79 Å². The highest BCUT2D eigenvalue weighted by Crippen LogP contribution is 2.41. The van der Waals surface area contributed by atoms with Gasteiger partial charge in [0.1, 0.15) is 0 Å². The van der Waals surface area contributed by atoms with Crippen LogP contribution in [0, 0.1) is 5.41 Å². The van der Waals surface area contributed by atoms with Gasteiger partial charge in [-0.05, 0) is 27.2 Å². The molecule has 88 valence electrons. The zero-order valence-corrected chi connectivity index (χ0v) is 11.1. The molecule has 1 aliphatic rings. The smallest absolute Gasteiger partial charge is 0.199 e. The van der Waals surface area contributed by atoms with Crippen LogP contribution in [0.25, 0.3) is 0 Å². The van der Waals surface area contributed by atoms with E-state index >= 15 is 0 Å². The van der Waals surface area contributed by atoms with Gasteiger partial charge in [-0.1, -0.05) is 18.7 Å². The molecule has 0 aromatic rings. The topological polar surface area (TPSA) is 29.5 Å². The first-order chi connectivity index (χ1) is 6.94. The Balaban J connectivity index is 2.75. The molecule has 0 amide bonds. The van der Waals surface area contributed by atoms with Gasteiger partial charge in [-0.15, -0.1) is 0 Å². The molecule has 1 saturated heterocycles. The Morgan fingerprint density at radius 2 is 2.13 bits per heavy atom. The maximum Gasteiger partial charge on any atom is 0.199 e. The molecule has 15 heavy (non-hydrogen) atoms. The summed E-state index contributed by atoms with van der Waals surface area (Å²) in [5.74, 6) is 0.900. The summed E-state index contributed by atoms with van der Waals surface area (Å²) in [6, 6.07) is 0.143. The second kappa shape index (κ2) is 4.85. The Kier molecular flexibility index (Phi) is 4.20. The Morgan fingerprint density at radius 1 is 1.53 bits per heavy atom. The average Bonchev–Trinajstić information content (AvgIpc) is 2.40. The van der Waals surface area contributed by atoms with Gasteiger partial charge < -0.3 is 0 Å². The van der Waals surface area contributed by atoms with Crippen molar-refractivity contribution in [2.75, 3.05) is 12.8 Å².